The molecule has 1 amide bonds. The molecule has 0 heterocycles. The molecular weight excluding hydrogens is 360 g/mol. The minimum atomic E-state index is -0.527. The van der Waals surface area contributed by atoms with Gasteiger partial charge in [-0.05, 0) is 68.4 Å². The van der Waals surface area contributed by atoms with Crippen LogP contribution in [0.2, 0.25) is 0 Å². The smallest absolute Gasteiger partial charge is 0.340 e. The van der Waals surface area contributed by atoms with Gasteiger partial charge in [-0.15, -0.1) is 11.8 Å². The Morgan fingerprint density at radius 3 is 2.41 bits per heavy atom. The van der Waals surface area contributed by atoms with Crippen LogP contribution in [0.25, 0.3) is 0 Å². The highest BCUT2D eigenvalue weighted by Crippen LogP contribution is 2.55. The highest BCUT2D eigenvalue weighted by molar-refractivity contribution is 8.00. The summed E-state index contributed by atoms with van der Waals surface area (Å²) in [5.74, 6) is 2.17. The summed E-state index contributed by atoms with van der Waals surface area (Å²) in [6, 6.07) is 8.86. The van der Waals surface area contributed by atoms with E-state index in [1.54, 1.807) is 18.2 Å². The third kappa shape index (κ3) is 3.98. The number of nitrogens with zero attached hydrogens (tertiary/aromatic N) is 1. The van der Waals surface area contributed by atoms with Gasteiger partial charge in [-0.25, -0.2) is 4.79 Å². The lowest BCUT2D eigenvalue weighted by Crippen LogP contribution is -2.60. The molecular formula is C21H24N2O3S. The number of carbonyl (C=O) groups is 2. The van der Waals surface area contributed by atoms with Gasteiger partial charge in [-0.2, -0.15) is 5.26 Å². The SMILES string of the molecule is N#CCOC(=O)c1ccccc1SCC(=O)NC12CC3CC(CC(C3)C1)C2. The number of rotatable bonds is 6. The maximum atomic E-state index is 12.7. The van der Waals surface area contributed by atoms with Crippen molar-refractivity contribution in [3.8, 4) is 6.07 Å². The van der Waals surface area contributed by atoms with Crippen molar-refractivity contribution in [1.29, 1.82) is 5.26 Å². The Balaban J connectivity index is 1.36. The summed E-state index contributed by atoms with van der Waals surface area (Å²) < 4.78 is 4.90. The molecule has 1 aromatic carbocycles. The first kappa shape index (κ1) is 18.4. The maximum Gasteiger partial charge on any atom is 0.340 e. The van der Waals surface area contributed by atoms with Crippen LogP contribution in [0, 0.1) is 29.1 Å². The second kappa shape index (κ2) is 7.55. The van der Waals surface area contributed by atoms with Crippen LogP contribution in [0.3, 0.4) is 0 Å². The van der Waals surface area contributed by atoms with Crippen molar-refractivity contribution in [2.75, 3.05) is 12.4 Å². The van der Waals surface area contributed by atoms with E-state index in [2.05, 4.69) is 5.32 Å². The molecule has 4 bridgehead atoms. The molecule has 4 saturated carbocycles. The van der Waals surface area contributed by atoms with Gasteiger partial charge in [0.2, 0.25) is 5.91 Å². The molecule has 27 heavy (non-hydrogen) atoms. The van der Waals surface area contributed by atoms with Crippen LogP contribution >= 0.6 is 11.8 Å². The van der Waals surface area contributed by atoms with Crippen molar-refractivity contribution >= 4 is 23.6 Å². The Hall–Kier alpha value is -2.00. The fraction of sp³-hybridized carbons (Fsp3) is 0.571. The fourth-order valence-electron chi connectivity index (χ4n) is 5.68. The van der Waals surface area contributed by atoms with Gasteiger partial charge in [0.05, 0.1) is 11.3 Å². The highest BCUT2D eigenvalue weighted by atomic mass is 32.2. The Bertz CT molecular complexity index is 751. The van der Waals surface area contributed by atoms with Crippen LogP contribution in [0.4, 0.5) is 0 Å². The Morgan fingerprint density at radius 2 is 1.78 bits per heavy atom. The molecule has 1 N–H and O–H groups in total. The largest absolute Gasteiger partial charge is 0.447 e. The Labute approximate surface area is 163 Å². The molecule has 0 saturated heterocycles. The summed E-state index contributed by atoms with van der Waals surface area (Å²) in [5, 5.41) is 11.9. The summed E-state index contributed by atoms with van der Waals surface area (Å²) >= 11 is 1.35. The summed E-state index contributed by atoms with van der Waals surface area (Å²) in [6.45, 7) is -0.273. The van der Waals surface area contributed by atoms with Gasteiger partial charge in [0, 0.05) is 10.4 Å². The topological polar surface area (TPSA) is 79.2 Å². The molecule has 0 unspecified atom stereocenters. The van der Waals surface area contributed by atoms with Gasteiger partial charge in [0.15, 0.2) is 6.61 Å². The summed E-state index contributed by atoms with van der Waals surface area (Å²) in [5.41, 5.74) is 0.415. The van der Waals surface area contributed by atoms with Crippen LogP contribution in [-0.4, -0.2) is 29.8 Å². The predicted molar refractivity (Wildman–Crippen MR) is 102 cm³/mol. The lowest BCUT2D eigenvalue weighted by atomic mass is 9.53. The number of nitriles is 1. The molecule has 0 atom stereocenters. The number of benzene rings is 1. The third-order valence-electron chi connectivity index (χ3n) is 6.18. The van der Waals surface area contributed by atoms with Crippen molar-refractivity contribution < 1.29 is 14.3 Å². The van der Waals surface area contributed by atoms with Gasteiger partial charge in [0.25, 0.3) is 0 Å². The zero-order valence-electron chi connectivity index (χ0n) is 15.3. The van der Waals surface area contributed by atoms with Crippen molar-refractivity contribution in [2.45, 2.75) is 49.0 Å². The first-order valence-corrected chi connectivity index (χ1v) is 10.6. The molecule has 0 spiro atoms. The van der Waals surface area contributed by atoms with Crippen molar-refractivity contribution in [2.24, 2.45) is 17.8 Å². The summed E-state index contributed by atoms with van der Waals surface area (Å²) in [7, 11) is 0. The molecule has 0 radical (unpaired) electrons. The maximum absolute atomic E-state index is 12.7. The molecule has 0 aromatic heterocycles. The lowest BCUT2D eigenvalue weighted by Gasteiger charge is -2.56. The highest BCUT2D eigenvalue weighted by Gasteiger charge is 2.51. The number of carbonyl (C=O) groups excluding carboxylic acids is 2. The van der Waals surface area contributed by atoms with E-state index >= 15 is 0 Å². The van der Waals surface area contributed by atoms with E-state index in [4.69, 9.17) is 10.00 Å². The monoisotopic (exact) mass is 384 g/mol. The van der Waals surface area contributed by atoms with Gasteiger partial charge >= 0.3 is 5.97 Å². The third-order valence-corrected chi connectivity index (χ3v) is 7.25. The summed E-state index contributed by atoms with van der Waals surface area (Å²) in [4.78, 5) is 25.5. The van der Waals surface area contributed by atoms with Gasteiger partial charge in [0.1, 0.15) is 6.07 Å². The van der Waals surface area contributed by atoms with Crippen LogP contribution < -0.4 is 5.32 Å². The van der Waals surface area contributed by atoms with Gasteiger partial charge in [-0.1, -0.05) is 12.1 Å². The molecule has 6 heteroatoms. The van der Waals surface area contributed by atoms with E-state index in [-0.39, 0.29) is 23.8 Å². The summed E-state index contributed by atoms with van der Waals surface area (Å²) in [6.07, 6.45) is 7.44. The lowest BCUT2D eigenvalue weighted by molar-refractivity contribution is -0.124. The van der Waals surface area contributed by atoms with Crippen molar-refractivity contribution in [3.63, 3.8) is 0 Å². The number of nitrogens with one attached hydrogen (secondary N) is 1. The predicted octanol–water partition coefficient (Wildman–Crippen LogP) is 3.54. The first-order chi connectivity index (χ1) is 13.1. The van der Waals surface area contributed by atoms with E-state index < -0.39 is 5.97 Å². The molecule has 5 nitrogen and oxygen atoms in total. The van der Waals surface area contributed by atoms with Crippen LogP contribution in [0.1, 0.15) is 48.9 Å². The van der Waals surface area contributed by atoms with Crippen LogP contribution in [-0.2, 0) is 9.53 Å². The standard InChI is InChI=1S/C21H24N2O3S/c22-5-6-26-20(25)17-3-1-2-4-18(17)27-13-19(24)23-21-10-14-7-15(11-21)9-16(8-14)12-21/h1-4,14-16H,6-13H2,(H,23,24). The quantitative estimate of drug-likeness (QED) is 0.599. The zero-order valence-corrected chi connectivity index (χ0v) is 16.1. The molecule has 4 aliphatic rings. The average Bonchev–Trinajstić information content (AvgIpc) is 2.63. The Kier molecular flexibility index (Phi) is 5.14. The molecule has 5 rings (SSSR count). The molecule has 0 aliphatic heterocycles. The van der Waals surface area contributed by atoms with E-state index in [1.165, 1.54) is 31.0 Å². The van der Waals surface area contributed by atoms with Crippen molar-refractivity contribution in [3.05, 3.63) is 29.8 Å². The van der Waals surface area contributed by atoms with E-state index in [0.717, 1.165) is 37.0 Å². The second-order valence-electron chi connectivity index (χ2n) is 8.27. The number of hydrogen-bond acceptors (Lipinski definition) is 5. The van der Waals surface area contributed by atoms with E-state index in [0.29, 0.717) is 10.5 Å². The minimum Gasteiger partial charge on any atom is -0.447 e. The number of esters is 1. The molecule has 4 fully saturated rings. The van der Waals surface area contributed by atoms with Crippen molar-refractivity contribution in [1.82, 2.24) is 5.32 Å². The zero-order chi connectivity index (χ0) is 18.9. The molecule has 142 valence electrons. The number of ether oxygens (including phenoxy) is 1. The molecule has 1 aromatic rings. The molecule has 4 aliphatic carbocycles. The van der Waals surface area contributed by atoms with E-state index in [1.807, 2.05) is 12.1 Å². The number of hydrogen-bond donors (Lipinski definition) is 1. The number of thioether (sulfide) groups is 1. The number of amides is 1. The first-order valence-electron chi connectivity index (χ1n) is 9.64. The van der Waals surface area contributed by atoms with E-state index in [9.17, 15) is 9.59 Å². The van der Waals surface area contributed by atoms with Crippen LogP contribution in [0.5, 0.6) is 0 Å². The second-order valence-corrected chi connectivity index (χ2v) is 9.28. The average molecular weight is 385 g/mol. The normalized spacial score (nSPS) is 30.6. The minimum absolute atomic E-state index is 0.0115. The van der Waals surface area contributed by atoms with Gasteiger partial charge in [-0.3, -0.25) is 4.79 Å². The fourth-order valence-corrected chi connectivity index (χ4v) is 6.52. The van der Waals surface area contributed by atoms with Crippen LogP contribution in [0.15, 0.2) is 29.2 Å². The van der Waals surface area contributed by atoms with Gasteiger partial charge < -0.3 is 10.1 Å². The Morgan fingerprint density at radius 1 is 1.15 bits per heavy atom.